The van der Waals surface area contributed by atoms with Crippen molar-refractivity contribution in [3.8, 4) is 11.5 Å². The topological polar surface area (TPSA) is 118 Å². The number of anilines is 1. The van der Waals surface area contributed by atoms with Crippen molar-refractivity contribution in [2.75, 3.05) is 31.9 Å². The highest BCUT2D eigenvalue weighted by atomic mass is 35.5. The Morgan fingerprint density at radius 2 is 1.87 bits per heavy atom. The smallest absolute Gasteiger partial charge is 0.191 e. The molecule has 1 atom stereocenters. The first-order valence-corrected chi connectivity index (χ1v) is 13.5. The van der Waals surface area contributed by atoms with Gasteiger partial charge in [0.1, 0.15) is 24.1 Å². The molecule has 0 aliphatic heterocycles. The molecule has 1 heterocycles. The molecule has 4 rings (SSSR count). The van der Waals surface area contributed by atoms with Crippen LogP contribution >= 0.6 is 11.6 Å². The minimum Gasteiger partial charge on any atom is -0.497 e. The number of aromatic nitrogens is 1. The molecule has 0 amide bonds. The zero-order valence-corrected chi connectivity index (χ0v) is 21.8. The minimum atomic E-state index is -3.64. The number of ketones is 1. The fourth-order valence-corrected chi connectivity index (χ4v) is 4.77. The van der Waals surface area contributed by atoms with Crippen molar-refractivity contribution in [3.05, 3.63) is 82.5 Å². The van der Waals surface area contributed by atoms with Gasteiger partial charge in [-0.3, -0.25) is 4.79 Å². The lowest BCUT2D eigenvalue weighted by atomic mass is 9.95. The minimum absolute atomic E-state index is 0.0469. The van der Waals surface area contributed by atoms with E-state index in [0.717, 1.165) is 18.4 Å². The molecule has 3 aromatic carbocycles. The second-order valence-corrected chi connectivity index (χ2v) is 10.8. The Labute approximate surface area is 222 Å². The summed E-state index contributed by atoms with van der Waals surface area (Å²) in [6, 6.07) is 9.37. The van der Waals surface area contributed by atoms with Crippen molar-refractivity contribution in [1.82, 2.24) is 4.98 Å². The summed E-state index contributed by atoms with van der Waals surface area (Å²) < 4.78 is 63.3. The molecule has 12 heteroatoms. The maximum atomic E-state index is 14.1. The molecule has 0 aliphatic rings. The number of nitrogens with one attached hydrogen (secondary N) is 2. The van der Waals surface area contributed by atoms with Gasteiger partial charge >= 0.3 is 0 Å². The monoisotopic (exact) mass is 564 g/mol. The number of hydrogen-bond acceptors (Lipinski definition) is 7. The van der Waals surface area contributed by atoms with Crippen LogP contribution in [0.25, 0.3) is 10.9 Å². The molecule has 1 aromatic heterocycles. The van der Waals surface area contributed by atoms with E-state index in [-0.39, 0.29) is 51.8 Å². The summed E-state index contributed by atoms with van der Waals surface area (Å²) in [6.45, 7) is -0.401. The van der Waals surface area contributed by atoms with Crippen LogP contribution in [0.1, 0.15) is 22.0 Å². The SMILES string of the molecule is COc1cc(NC(C(=O)c2c[nH]c3cc(F)c(F)cc23)c2ccc(Cl)cc2OCCO)cc(S(C)(=O)=O)c1. The summed E-state index contributed by atoms with van der Waals surface area (Å²) >= 11 is 6.15. The molecular formula is C26H23ClF2N2O6S. The Balaban J connectivity index is 1.89. The number of aliphatic hydroxyl groups is 1. The standard InChI is InChI=1S/C26H23ClF2N2O6S/c1-36-16-8-15(9-17(10-16)38(2,34)35)31-25(18-4-3-14(27)7-24(18)37-6-5-32)26(33)20-13-30-23-12-22(29)21(28)11-19(20)23/h3-4,7-13,25,30-32H,5-6H2,1-2H3. The number of halogens is 3. The number of aliphatic hydroxyl groups excluding tert-OH is 1. The number of carbonyl (C=O) groups is 1. The van der Waals surface area contributed by atoms with Crippen LogP contribution in [0, 0.1) is 11.6 Å². The van der Waals surface area contributed by atoms with E-state index in [1.807, 2.05) is 0 Å². The molecule has 0 bridgehead atoms. The lowest BCUT2D eigenvalue weighted by Gasteiger charge is -2.23. The van der Waals surface area contributed by atoms with Crippen LogP contribution in [0.3, 0.4) is 0 Å². The number of Topliss-reactive ketones (excluding diaryl/α,β-unsaturated/α-hetero) is 1. The average Bonchev–Trinajstić information content (AvgIpc) is 3.27. The number of rotatable bonds is 10. The number of methoxy groups -OCH3 is 1. The third-order valence-corrected chi connectivity index (χ3v) is 7.07. The van der Waals surface area contributed by atoms with Gasteiger partial charge in [-0.1, -0.05) is 17.7 Å². The van der Waals surface area contributed by atoms with Gasteiger partial charge in [0.05, 0.1) is 18.6 Å². The number of H-pyrrole nitrogens is 1. The highest BCUT2D eigenvalue weighted by Gasteiger charge is 2.29. The Morgan fingerprint density at radius 3 is 2.55 bits per heavy atom. The van der Waals surface area contributed by atoms with E-state index >= 15 is 0 Å². The summed E-state index contributed by atoms with van der Waals surface area (Å²) in [6.07, 6.45) is 2.37. The summed E-state index contributed by atoms with van der Waals surface area (Å²) in [5, 5.41) is 12.8. The van der Waals surface area contributed by atoms with E-state index in [9.17, 15) is 27.1 Å². The normalized spacial score (nSPS) is 12.4. The quantitative estimate of drug-likeness (QED) is 0.234. The Morgan fingerprint density at radius 1 is 1.13 bits per heavy atom. The molecule has 1 unspecified atom stereocenters. The van der Waals surface area contributed by atoms with Gasteiger partial charge in [0, 0.05) is 57.3 Å². The van der Waals surface area contributed by atoms with Crippen LogP contribution < -0.4 is 14.8 Å². The van der Waals surface area contributed by atoms with Gasteiger partial charge in [0.2, 0.25) is 0 Å². The van der Waals surface area contributed by atoms with Gasteiger partial charge in [0.25, 0.3) is 0 Å². The number of aromatic amines is 1. The number of fused-ring (bicyclic) bond motifs is 1. The lowest BCUT2D eigenvalue weighted by Crippen LogP contribution is -2.22. The molecule has 38 heavy (non-hydrogen) atoms. The Kier molecular flexibility index (Phi) is 7.91. The molecule has 0 saturated carbocycles. The van der Waals surface area contributed by atoms with Crippen LogP contribution in [-0.4, -0.2) is 50.9 Å². The van der Waals surface area contributed by atoms with Crippen molar-refractivity contribution in [2.45, 2.75) is 10.9 Å². The van der Waals surface area contributed by atoms with Crippen molar-refractivity contribution >= 4 is 43.8 Å². The molecule has 4 aromatic rings. The molecule has 0 radical (unpaired) electrons. The molecular weight excluding hydrogens is 542 g/mol. The van der Waals surface area contributed by atoms with E-state index < -0.39 is 33.3 Å². The predicted octanol–water partition coefficient (Wildman–Crippen LogP) is 4.92. The van der Waals surface area contributed by atoms with Crippen LogP contribution in [0.5, 0.6) is 11.5 Å². The third kappa shape index (κ3) is 5.74. The number of sulfone groups is 1. The highest BCUT2D eigenvalue weighted by Crippen LogP contribution is 2.36. The van der Waals surface area contributed by atoms with E-state index in [4.69, 9.17) is 21.1 Å². The number of benzene rings is 3. The highest BCUT2D eigenvalue weighted by molar-refractivity contribution is 7.90. The summed E-state index contributed by atoms with van der Waals surface area (Å²) in [4.78, 5) is 16.7. The summed E-state index contributed by atoms with van der Waals surface area (Å²) in [7, 11) is -2.27. The second-order valence-electron chi connectivity index (χ2n) is 8.38. The third-order valence-electron chi connectivity index (χ3n) is 5.74. The zero-order chi connectivity index (χ0) is 27.6. The maximum Gasteiger partial charge on any atom is 0.191 e. The summed E-state index contributed by atoms with van der Waals surface area (Å²) in [5.41, 5.74) is 0.780. The molecule has 8 nitrogen and oxygen atoms in total. The van der Waals surface area contributed by atoms with Crippen molar-refractivity contribution in [2.24, 2.45) is 0 Å². The molecule has 3 N–H and O–H groups in total. The van der Waals surface area contributed by atoms with Crippen molar-refractivity contribution in [1.29, 1.82) is 0 Å². The average molecular weight is 565 g/mol. The second kappa shape index (κ2) is 11.0. The lowest BCUT2D eigenvalue weighted by molar-refractivity contribution is 0.0969. The fraction of sp³-hybridized carbons (Fsp3) is 0.192. The van der Waals surface area contributed by atoms with E-state index in [0.29, 0.717) is 10.6 Å². The maximum absolute atomic E-state index is 14.1. The molecule has 200 valence electrons. The number of carbonyl (C=O) groups excluding carboxylic acids is 1. The van der Waals surface area contributed by atoms with E-state index in [2.05, 4.69) is 10.3 Å². The van der Waals surface area contributed by atoms with Gasteiger partial charge in [-0.2, -0.15) is 0 Å². The van der Waals surface area contributed by atoms with Gasteiger partial charge in [-0.25, -0.2) is 17.2 Å². The van der Waals surface area contributed by atoms with E-state index in [1.165, 1.54) is 49.7 Å². The zero-order valence-electron chi connectivity index (χ0n) is 20.2. The molecule has 0 saturated heterocycles. The van der Waals surface area contributed by atoms with Crippen molar-refractivity contribution in [3.63, 3.8) is 0 Å². The first kappa shape index (κ1) is 27.4. The molecule has 0 aliphatic carbocycles. The summed E-state index contributed by atoms with van der Waals surface area (Å²) in [5.74, 6) is -2.36. The van der Waals surface area contributed by atoms with Gasteiger partial charge in [-0.15, -0.1) is 0 Å². The van der Waals surface area contributed by atoms with Crippen LogP contribution in [0.15, 0.2) is 59.6 Å². The Bertz CT molecular complexity index is 1620. The van der Waals surface area contributed by atoms with Gasteiger partial charge in [0.15, 0.2) is 27.3 Å². The first-order valence-electron chi connectivity index (χ1n) is 11.2. The van der Waals surface area contributed by atoms with Crippen LogP contribution in [-0.2, 0) is 9.84 Å². The fourth-order valence-electron chi connectivity index (χ4n) is 3.94. The van der Waals surface area contributed by atoms with Gasteiger partial charge < -0.3 is 24.9 Å². The first-order chi connectivity index (χ1) is 18.0. The Hall–Kier alpha value is -3.67. The molecule has 0 spiro atoms. The van der Waals surface area contributed by atoms with Crippen LogP contribution in [0.4, 0.5) is 14.5 Å². The van der Waals surface area contributed by atoms with E-state index in [1.54, 1.807) is 0 Å². The largest absolute Gasteiger partial charge is 0.497 e. The van der Waals surface area contributed by atoms with Gasteiger partial charge in [-0.05, 0) is 30.3 Å². The van der Waals surface area contributed by atoms with Crippen molar-refractivity contribution < 1.29 is 36.6 Å². The van der Waals surface area contributed by atoms with Crippen LogP contribution in [0.2, 0.25) is 5.02 Å². The predicted molar refractivity (Wildman–Crippen MR) is 139 cm³/mol. The number of ether oxygens (including phenoxy) is 2. The number of hydrogen-bond donors (Lipinski definition) is 3. The molecule has 0 fully saturated rings.